The molecule has 2 rings (SSSR count). The first-order valence-corrected chi connectivity index (χ1v) is 8.49. The lowest BCUT2D eigenvalue weighted by molar-refractivity contribution is 0.0773. The number of ether oxygens (including phenoxy) is 1. The van der Waals surface area contributed by atoms with Crippen LogP contribution in [0.15, 0.2) is 53.4 Å². The quantitative estimate of drug-likeness (QED) is 0.740. The van der Waals surface area contributed by atoms with E-state index in [0.717, 1.165) is 10.6 Å². The molecule has 3 nitrogen and oxygen atoms in total. The monoisotopic (exact) mass is 335 g/mol. The van der Waals surface area contributed by atoms with Gasteiger partial charge in [0.2, 0.25) is 0 Å². The molecule has 0 aliphatic heterocycles. The fourth-order valence-corrected chi connectivity index (χ4v) is 2.56. The van der Waals surface area contributed by atoms with E-state index in [1.807, 2.05) is 48.7 Å². The summed E-state index contributed by atoms with van der Waals surface area (Å²) in [5, 5.41) is 0.471. The van der Waals surface area contributed by atoms with Gasteiger partial charge in [-0.25, -0.2) is 0 Å². The molecule has 0 unspecified atom stereocenters. The molecule has 2 aromatic carbocycles. The van der Waals surface area contributed by atoms with E-state index < -0.39 is 0 Å². The first-order chi connectivity index (χ1) is 10.6. The Kier molecular flexibility index (Phi) is 6.16. The van der Waals surface area contributed by atoms with Crippen LogP contribution in [0.25, 0.3) is 0 Å². The molecule has 0 bridgehead atoms. The van der Waals surface area contributed by atoms with E-state index in [9.17, 15) is 4.79 Å². The summed E-state index contributed by atoms with van der Waals surface area (Å²) in [4.78, 5) is 15.1. The average Bonchev–Trinajstić information content (AvgIpc) is 2.55. The molecule has 5 heteroatoms. The number of likely N-dealkylation sites (N-methyl/N-ethyl adjacent to an activating group) is 1. The summed E-state index contributed by atoms with van der Waals surface area (Å²) < 4.78 is 5.61. The molecule has 1 amide bonds. The van der Waals surface area contributed by atoms with Crippen LogP contribution in [0.2, 0.25) is 5.02 Å². The van der Waals surface area contributed by atoms with Crippen LogP contribution in [0.1, 0.15) is 10.4 Å². The maximum atomic E-state index is 12.5. The maximum absolute atomic E-state index is 12.5. The number of thioether (sulfide) groups is 1. The fourth-order valence-electron chi connectivity index (χ4n) is 1.92. The molecule has 2 aromatic rings. The standard InChI is InChI=1S/C17H18ClNO2S/c1-19(10-11-21-13-6-4-3-5-7-13)17(20)15-12-14(22-2)8-9-16(15)18/h3-9,12H,10-11H2,1-2H3. The van der Waals surface area contributed by atoms with Gasteiger partial charge in [-0.2, -0.15) is 0 Å². The van der Waals surface area contributed by atoms with E-state index in [-0.39, 0.29) is 5.91 Å². The van der Waals surface area contributed by atoms with Gasteiger partial charge >= 0.3 is 0 Å². The smallest absolute Gasteiger partial charge is 0.255 e. The van der Waals surface area contributed by atoms with Gasteiger partial charge < -0.3 is 9.64 Å². The Balaban J connectivity index is 1.94. The van der Waals surface area contributed by atoms with Gasteiger partial charge in [0.05, 0.1) is 17.1 Å². The lowest BCUT2D eigenvalue weighted by Gasteiger charge is -2.18. The van der Waals surface area contributed by atoms with Gasteiger partial charge in [0.15, 0.2) is 0 Å². The largest absolute Gasteiger partial charge is 0.492 e. The lowest BCUT2D eigenvalue weighted by Crippen LogP contribution is -2.31. The molecule has 0 radical (unpaired) electrons. The van der Waals surface area contributed by atoms with Crippen LogP contribution >= 0.6 is 23.4 Å². The molecule has 0 aliphatic carbocycles. The van der Waals surface area contributed by atoms with Gasteiger partial charge in [-0.15, -0.1) is 11.8 Å². The van der Waals surface area contributed by atoms with Crippen molar-refractivity contribution in [1.29, 1.82) is 0 Å². The predicted octanol–water partition coefficient (Wildman–Crippen LogP) is 4.21. The van der Waals surface area contributed by atoms with Crippen LogP contribution in [-0.2, 0) is 0 Å². The van der Waals surface area contributed by atoms with Crippen molar-refractivity contribution >= 4 is 29.3 Å². The van der Waals surface area contributed by atoms with Crippen LogP contribution < -0.4 is 4.74 Å². The Hall–Kier alpha value is -1.65. The minimum absolute atomic E-state index is 0.0995. The molecule has 116 valence electrons. The Morgan fingerprint density at radius 3 is 2.64 bits per heavy atom. The number of amides is 1. The number of carbonyl (C=O) groups excluding carboxylic acids is 1. The van der Waals surface area contributed by atoms with E-state index in [0.29, 0.717) is 23.7 Å². The van der Waals surface area contributed by atoms with Crippen LogP contribution in [0, 0.1) is 0 Å². The highest BCUT2D eigenvalue weighted by atomic mass is 35.5. The number of para-hydroxylation sites is 1. The van der Waals surface area contributed by atoms with E-state index in [1.54, 1.807) is 29.8 Å². The molecule has 0 aromatic heterocycles. The first kappa shape index (κ1) is 16.7. The second-order valence-electron chi connectivity index (χ2n) is 4.73. The zero-order valence-corrected chi connectivity index (χ0v) is 14.2. The van der Waals surface area contributed by atoms with Crippen LogP contribution in [-0.4, -0.2) is 37.3 Å². The van der Waals surface area contributed by atoms with Crippen molar-refractivity contribution < 1.29 is 9.53 Å². The zero-order chi connectivity index (χ0) is 15.9. The number of hydrogen-bond acceptors (Lipinski definition) is 3. The number of benzene rings is 2. The summed E-state index contributed by atoms with van der Waals surface area (Å²) in [6, 6.07) is 15.0. The number of carbonyl (C=O) groups is 1. The summed E-state index contributed by atoms with van der Waals surface area (Å²) in [5.41, 5.74) is 0.524. The van der Waals surface area contributed by atoms with Gasteiger partial charge in [-0.1, -0.05) is 29.8 Å². The van der Waals surface area contributed by atoms with Crippen molar-refractivity contribution in [3.63, 3.8) is 0 Å². The highest BCUT2D eigenvalue weighted by Gasteiger charge is 2.15. The van der Waals surface area contributed by atoms with Gasteiger partial charge in [0.1, 0.15) is 12.4 Å². The summed E-state index contributed by atoms with van der Waals surface area (Å²) >= 11 is 7.72. The molecular weight excluding hydrogens is 318 g/mol. The number of nitrogens with zero attached hydrogens (tertiary/aromatic N) is 1. The summed E-state index contributed by atoms with van der Waals surface area (Å²) in [7, 11) is 1.75. The number of rotatable bonds is 6. The highest BCUT2D eigenvalue weighted by Crippen LogP contribution is 2.24. The van der Waals surface area contributed by atoms with Crippen molar-refractivity contribution in [2.24, 2.45) is 0 Å². The van der Waals surface area contributed by atoms with E-state index in [4.69, 9.17) is 16.3 Å². The molecule has 0 saturated carbocycles. The van der Waals surface area contributed by atoms with Crippen molar-refractivity contribution in [2.45, 2.75) is 4.90 Å². The van der Waals surface area contributed by atoms with Crippen molar-refractivity contribution in [1.82, 2.24) is 4.90 Å². The Bertz CT molecular complexity index is 634. The molecule has 0 fully saturated rings. The Morgan fingerprint density at radius 2 is 1.95 bits per heavy atom. The molecule has 0 spiro atoms. The Morgan fingerprint density at radius 1 is 1.23 bits per heavy atom. The lowest BCUT2D eigenvalue weighted by atomic mass is 10.2. The third kappa shape index (κ3) is 4.42. The van der Waals surface area contributed by atoms with E-state index >= 15 is 0 Å². The zero-order valence-electron chi connectivity index (χ0n) is 12.6. The second kappa shape index (κ2) is 8.11. The molecule has 0 aliphatic rings. The van der Waals surface area contributed by atoms with Crippen molar-refractivity contribution in [2.75, 3.05) is 26.5 Å². The third-order valence-electron chi connectivity index (χ3n) is 3.19. The van der Waals surface area contributed by atoms with E-state index in [2.05, 4.69) is 0 Å². The van der Waals surface area contributed by atoms with Crippen LogP contribution in [0.3, 0.4) is 0 Å². The second-order valence-corrected chi connectivity index (χ2v) is 6.02. The average molecular weight is 336 g/mol. The van der Waals surface area contributed by atoms with Gasteiger partial charge in [0, 0.05) is 11.9 Å². The number of hydrogen-bond donors (Lipinski definition) is 0. The molecule has 0 N–H and O–H groups in total. The molecular formula is C17H18ClNO2S. The van der Waals surface area contributed by atoms with Crippen molar-refractivity contribution in [3.8, 4) is 5.75 Å². The normalized spacial score (nSPS) is 10.3. The van der Waals surface area contributed by atoms with Gasteiger partial charge in [-0.05, 0) is 36.6 Å². The summed E-state index contributed by atoms with van der Waals surface area (Å²) in [6.07, 6.45) is 1.97. The molecule has 0 heterocycles. The maximum Gasteiger partial charge on any atom is 0.255 e. The minimum Gasteiger partial charge on any atom is -0.492 e. The minimum atomic E-state index is -0.0995. The van der Waals surface area contributed by atoms with E-state index in [1.165, 1.54) is 0 Å². The first-order valence-electron chi connectivity index (χ1n) is 6.88. The Labute approximate surface area is 140 Å². The topological polar surface area (TPSA) is 29.5 Å². The van der Waals surface area contributed by atoms with Crippen LogP contribution in [0.4, 0.5) is 0 Å². The summed E-state index contributed by atoms with van der Waals surface area (Å²) in [5.74, 6) is 0.698. The molecule has 22 heavy (non-hydrogen) atoms. The molecule has 0 atom stereocenters. The highest BCUT2D eigenvalue weighted by molar-refractivity contribution is 7.98. The van der Waals surface area contributed by atoms with Crippen molar-refractivity contribution in [3.05, 3.63) is 59.1 Å². The predicted molar refractivity (Wildman–Crippen MR) is 92.1 cm³/mol. The summed E-state index contributed by atoms with van der Waals surface area (Å²) in [6.45, 7) is 0.930. The fraction of sp³-hybridized carbons (Fsp3) is 0.235. The van der Waals surface area contributed by atoms with Gasteiger partial charge in [-0.3, -0.25) is 4.79 Å². The third-order valence-corrected chi connectivity index (χ3v) is 4.24. The van der Waals surface area contributed by atoms with Crippen LogP contribution in [0.5, 0.6) is 5.75 Å². The molecule has 0 saturated heterocycles. The van der Waals surface area contributed by atoms with Gasteiger partial charge in [0.25, 0.3) is 5.91 Å². The SMILES string of the molecule is CSc1ccc(Cl)c(C(=O)N(C)CCOc2ccccc2)c1. The number of halogens is 1.